The summed E-state index contributed by atoms with van der Waals surface area (Å²) in [6.45, 7) is 1.13. The summed E-state index contributed by atoms with van der Waals surface area (Å²) < 4.78 is 5.46. The Bertz CT molecular complexity index is 421. The highest BCUT2D eigenvalue weighted by Gasteiger charge is 2.30. The van der Waals surface area contributed by atoms with E-state index >= 15 is 0 Å². The second-order valence-corrected chi connectivity index (χ2v) is 5.92. The van der Waals surface area contributed by atoms with Crippen molar-refractivity contribution < 1.29 is 14.9 Å². The van der Waals surface area contributed by atoms with Crippen molar-refractivity contribution in [1.29, 1.82) is 0 Å². The molecule has 1 atom stereocenters. The summed E-state index contributed by atoms with van der Waals surface area (Å²) in [4.78, 5) is 0. The van der Waals surface area contributed by atoms with Crippen molar-refractivity contribution in [2.24, 2.45) is 0 Å². The third-order valence-electron chi connectivity index (χ3n) is 3.61. The van der Waals surface area contributed by atoms with Gasteiger partial charge in [0.05, 0.1) is 5.60 Å². The molecule has 1 aliphatic carbocycles. The van der Waals surface area contributed by atoms with Gasteiger partial charge in [-0.2, -0.15) is 0 Å². The van der Waals surface area contributed by atoms with Gasteiger partial charge in [0.1, 0.15) is 18.5 Å². The molecule has 0 aliphatic heterocycles. The van der Waals surface area contributed by atoms with E-state index < -0.39 is 11.7 Å². The van der Waals surface area contributed by atoms with E-state index in [1.54, 1.807) is 24.3 Å². The minimum atomic E-state index is -0.612. The van der Waals surface area contributed by atoms with Crippen molar-refractivity contribution >= 4 is 11.6 Å². The van der Waals surface area contributed by atoms with Crippen LogP contribution in [0.3, 0.4) is 0 Å². The van der Waals surface area contributed by atoms with Gasteiger partial charge in [-0.15, -0.1) is 0 Å². The molecular formula is C15H22ClNO3. The number of hydrogen-bond acceptors (Lipinski definition) is 4. The van der Waals surface area contributed by atoms with E-state index in [4.69, 9.17) is 16.3 Å². The summed E-state index contributed by atoms with van der Waals surface area (Å²) in [6.07, 6.45) is 3.24. The molecule has 1 saturated carbocycles. The van der Waals surface area contributed by atoms with Crippen LogP contribution >= 0.6 is 11.6 Å². The molecule has 0 heterocycles. The Morgan fingerprint density at radius 2 is 2.10 bits per heavy atom. The maximum Gasteiger partial charge on any atom is 0.120 e. The van der Waals surface area contributed by atoms with E-state index in [0.717, 1.165) is 25.7 Å². The Labute approximate surface area is 124 Å². The molecule has 1 unspecified atom stereocenters. The number of ether oxygens (including phenoxy) is 1. The largest absolute Gasteiger partial charge is 0.491 e. The van der Waals surface area contributed by atoms with Gasteiger partial charge >= 0.3 is 0 Å². The van der Waals surface area contributed by atoms with E-state index in [1.165, 1.54) is 0 Å². The Kier molecular flexibility index (Phi) is 5.66. The van der Waals surface area contributed by atoms with E-state index in [-0.39, 0.29) is 6.61 Å². The molecule has 0 spiro atoms. The van der Waals surface area contributed by atoms with E-state index in [0.29, 0.717) is 23.9 Å². The summed E-state index contributed by atoms with van der Waals surface area (Å²) in [5.41, 5.74) is -0.590. The zero-order chi connectivity index (χ0) is 14.4. The normalized spacial score (nSPS) is 18.9. The summed E-state index contributed by atoms with van der Waals surface area (Å²) in [5.74, 6) is 0.644. The van der Waals surface area contributed by atoms with Gasteiger partial charge < -0.3 is 20.3 Å². The fourth-order valence-electron chi connectivity index (χ4n) is 2.49. The van der Waals surface area contributed by atoms with Crippen LogP contribution < -0.4 is 10.1 Å². The van der Waals surface area contributed by atoms with Crippen molar-refractivity contribution in [3.05, 3.63) is 29.3 Å². The number of aliphatic hydroxyl groups is 2. The highest BCUT2D eigenvalue weighted by molar-refractivity contribution is 6.30. The molecule has 0 amide bonds. The number of hydrogen-bond donors (Lipinski definition) is 3. The second kappa shape index (κ2) is 7.27. The van der Waals surface area contributed by atoms with Crippen LogP contribution in [-0.4, -0.2) is 41.6 Å². The van der Waals surface area contributed by atoms with Crippen molar-refractivity contribution in [3.63, 3.8) is 0 Å². The predicted octanol–water partition coefficient (Wildman–Crippen LogP) is 1.97. The molecule has 1 fully saturated rings. The van der Waals surface area contributed by atoms with Gasteiger partial charge in [-0.25, -0.2) is 0 Å². The molecule has 0 aromatic heterocycles. The van der Waals surface area contributed by atoms with Crippen LogP contribution in [0.2, 0.25) is 5.02 Å². The van der Waals surface area contributed by atoms with E-state index in [9.17, 15) is 10.2 Å². The van der Waals surface area contributed by atoms with Crippen LogP contribution in [0.4, 0.5) is 0 Å². The van der Waals surface area contributed by atoms with E-state index in [1.807, 2.05) is 0 Å². The van der Waals surface area contributed by atoms with Crippen LogP contribution in [0.5, 0.6) is 5.75 Å². The monoisotopic (exact) mass is 299 g/mol. The van der Waals surface area contributed by atoms with Gasteiger partial charge in [-0.1, -0.05) is 30.5 Å². The first-order chi connectivity index (χ1) is 9.57. The minimum absolute atomic E-state index is 0.200. The number of nitrogens with one attached hydrogen (secondary N) is 1. The number of rotatable bonds is 7. The van der Waals surface area contributed by atoms with Crippen LogP contribution in [0.1, 0.15) is 25.7 Å². The molecule has 5 heteroatoms. The average molecular weight is 300 g/mol. The molecule has 1 aliphatic rings. The van der Waals surface area contributed by atoms with Crippen LogP contribution in [-0.2, 0) is 0 Å². The summed E-state index contributed by atoms with van der Waals surface area (Å²) in [7, 11) is 0. The van der Waals surface area contributed by atoms with Gasteiger partial charge in [-0.3, -0.25) is 0 Å². The molecule has 1 aromatic carbocycles. The maximum absolute atomic E-state index is 10.2. The van der Waals surface area contributed by atoms with E-state index in [2.05, 4.69) is 5.32 Å². The van der Waals surface area contributed by atoms with Gasteiger partial charge in [0.15, 0.2) is 0 Å². The lowest BCUT2D eigenvalue weighted by molar-refractivity contribution is 0.0406. The summed E-state index contributed by atoms with van der Waals surface area (Å²) in [5, 5.41) is 23.7. The second-order valence-electron chi connectivity index (χ2n) is 5.48. The fraction of sp³-hybridized carbons (Fsp3) is 0.600. The first kappa shape index (κ1) is 15.6. The fourth-order valence-corrected chi connectivity index (χ4v) is 2.67. The molecule has 4 nitrogen and oxygen atoms in total. The van der Waals surface area contributed by atoms with Gasteiger partial charge in [-0.05, 0) is 31.0 Å². The molecule has 3 N–H and O–H groups in total. The summed E-state index contributed by atoms with van der Waals surface area (Å²) in [6, 6.07) is 7.09. The molecule has 1 aromatic rings. The molecule has 112 valence electrons. The lowest BCUT2D eigenvalue weighted by atomic mass is 10.0. The Morgan fingerprint density at radius 3 is 2.80 bits per heavy atom. The maximum atomic E-state index is 10.2. The van der Waals surface area contributed by atoms with Crippen LogP contribution in [0.15, 0.2) is 24.3 Å². The van der Waals surface area contributed by atoms with Crippen molar-refractivity contribution in [1.82, 2.24) is 5.32 Å². The molecule has 0 saturated heterocycles. The zero-order valence-corrected chi connectivity index (χ0v) is 12.3. The van der Waals surface area contributed by atoms with Gasteiger partial charge in [0, 0.05) is 18.1 Å². The minimum Gasteiger partial charge on any atom is -0.491 e. The van der Waals surface area contributed by atoms with Crippen LogP contribution in [0.25, 0.3) is 0 Å². The molecule has 2 rings (SSSR count). The van der Waals surface area contributed by atoms with Gasteiger partial charge in [0.2, 0.25) is 0 Å². The first-order valence-electron chi connectivity index (χ1n) is 7.07. The van der Waals surface area contributed by atoms with Crippen molar-refractivity contribution in [3.8, 4) is 5.75 Å². The van der Waals surface area contributed by atoms with Crippen molar-refractivity contribution in [2.45, 2.75) is 37.4 Å². The number of benzene rings is 1. The number of halogens is 1. The molecule has 20 heavy (non-hydrogen) atoms. The lowest BCUT2D eigenvalue weighted by Crippen LogP contribution is -2.42. The Balaban J connectivity index is 1.64. The quantitative estimate of drug-likeness (QED) is 0.720. The lowest BCUT2D eigenvalue weighted by Gasteiger charge is -2.23. The standard InChI is InChI=1S/C15H22ClNO3/c16-12-4-3-5-14(8-12)20-10-13(18)9-17-11-15(19)6-1-2-7-15/h3-5,8,13,17-19H,1-2,6-7,9-11H2. The zero-order valence-electron chi connectivity index (χ0n) is 11.5. The third kappa shape index (κ3) is 4.94. The highest BCUT2D eigenvalue weighted by atomic mass is 35.5. The van der Waals surface area contributed by atoms with Gasteiger partial charge in [0.25, 0.3) is 0 Å². The Morgan fingerprint density at radius 1 is 1.35 bits per heavy atom. The SMILES string of the molecule is OC(CNCC1(O)CCCC1)COc1cccc(Cl)c1. The topological polar surface area (TPSA) is 61.7 Å². The first-order valence-corrected chi connectivity index (χ1v) is 7.45. The smallest absolute Gasteiger partial charge is 0.120 e. The summed E-state index contributed by atoms with van der Waals surface area (Å²) >= 11 is 5.85. The average Bonchev–Trinajstić information content (AvgIpc) is 2.83. The molecular weight excluding hydrogens is 278 g/mol. The Hall–Kier alpha value is -0.810. The molecule has 0 radical (unpaired) electrons. The van der Waals surface area contributed by atoms with Crippen LogP contribution in [0, 0.1) is 0 Å². The predicted molar refractivity (Wildman–Crippen MR) is 79.2 cm³/mol. The third-order valence-corrected chi connectivity index (χ3v) is 3.84. The highest BCUT2D eigenvalue weighted by Crippen LogP contribution is 2.28. The number of aliphatic hydroxyl groups excluding tert-OH is 1. The molecule has 0 bridgehead atoms. The van der Waals surface area contributed by atoms with Crippen molar-refractivity contribution in [2.75, 3.05) is 19.7 Å².